The highest BCUT2D eigenvalue weighted by atomic mass is 19.4. The summed E-state index contributed by atoms with van der Waals surface area (Å²) in [7, 11) is 0. The van der Waals surface area contributed by atoms with Crippen LogP contribution in [0.2, 0.25) is 0 Å². The Hall–Kier alpha value is -1.31. The van der Waals surface area contributed by atoms with Crippen LogP contribution in [0.25, 0.3) is 0 Å². The number of halogens is 3. The Morgan fingerprint density at radius 3 is 2.44 bits per heavy atom. The zero-order valence-electron chi connectivity index (χ0n) is 8.13. The summed E-state index contributed by atoms with van der Waals surface area (Å²) in [6.45, 7) is -0.0907. The van der Waals surface area contributed by atoms with Gasteiger partial charge in [-0.1, -0.05) is 0 Å². The van der Waals surface area contributed by atoms with Gasteiger partial charge in [0.2, 0.25) is 0 Å². The van der Waals surface area contributed by atoms with Crippen LogP contribution >= 0.6 is 0 Å². The number of carboxylic acids is 1. The van der Waals surface area contributed by atoms with Gasteiger partial charge in [-0.05, 0) is 6.42 Å². The fourth-order valence-electron chi connectivity index (χ4n) is 1.49. The molecule has 1 unspecified atom stereocenters. The molecular formula is C8H10F3NO4. The van der Waals surface area contributed by atoms with Crippen molar-refractivity contribution in [3.8, 4) is 0 Å². The average molecular weight is 241 g/mol. The summed E-state index contributed by atoms with van der Waals surface area (Å²) in [5.41, 5.74) is -1.45. The van der Waals surface area contributed by atoms with Crippen molar-refractivity contribution in [3.63, 3.8) is 0 Å². The van der Waals surface area contributed by atoms with Gasteiger partial charge >= 0.3 is 18.1 Å². The molecule has 92 valence electrons. The van der Waals surface area contributed by atoms with Gasteiger partial charge in [0.1, 0.15) is 0 Å². The summed E-state index contributed by atoms with van der Waals surface area (Å²) >= 11 is 0. The van der Waals surface area contributed by atoms with Gasteiger partial charge in [0, 0.05) is 6.61 Å². The number of hydrogen-bond donors (Lipinski definition) is 2. The van der Waals surface area contributed by atoms with E-state index in [9.17, 15) is 22.8 Å². The lowest BCUT2D eigenvalue weighted by atomic mass is 9.94. The smallest absolute Gasteiger partial charge is 0.471 e. The molecule has 2 N–H and O–H groups in total. The molecule has 0 aromatic rings. The topological polar surface area (TPSA) is 75.6 Å². The molecular weight excluding hydrogens is 231 g/mol. The number of rotatable bonds is 3. The normalized spacial score (nSPS) is 25.4. The number of alkyl halides is 3. The number of carbonyl (C=O) groups excluding carboxylic acids is 1. The Kier molecular flexibility index (Phi) is 3.41. The first-order valence-corrected chi connectivity index (χ1v) is 4.44. The molecule has 0 saturated carbocycles. The third-order valence-corrected chi connectivity index (χ3v) is 2.23. The van der Waals surface area contributed by atoms with Crippen LogP contribution in [-0.4, -0.2) is 41.9 Å². The van der Waals surface area contributed by atoms with E-state index in [0.717, 1.165) is 0 Å². The number of carbonyl (C=O) groups is 2. The highest BCUT2D eigenvalue weighted by Gasteiger charge is 2.46. The predicted octanol–water partition coefficient (Wildman–Crippen LogP) is 0.299. The van der Waals surface area contributed by atoms with E-state index in [-0.39, 0.29) is 19.6 Å². The quantitative estimate of drug-likeness (QED) is 0.745. The molecule has 1 aliphatic heterocycles. The van der Waals surface area contributed by atoms with E-state index in [1.807, 2.05) is 0 Å². The molecule has 1 saturated heterocycles. The van der Waals surface area contributed by atoms with Crippen LogP contribution in [0.3, 0.4) is 0 Å². The summed E-state index contributed by atoms with van der Waals surface area (Å²) in [5, 5.41) is 10.3. The third-order valence-electron chi connectivity index (χ3n) is 2.23. The van der Waals surface area contributed by atoms with Gasteiger partial charge in [0.25, 0.3) is 0 Å². The van der Waals surface area contributed by atoms with Crippen LogP contribution in [0.1, 0.15) is 12.8 Å². The molecule has 1 heterocycles. The minimum absolute atomic E-state index is 0.0567. The Bertz CT molecular complexity index is 296. The summed E-state index contributed by atoms with van der Waals surface area (Å²) < 4.78 is 40.9. The second kappa shape index (κ2) is 4.28. The Morgan fingerprint density at radius 1 is 1.44 bits per heavy atom. The lowest BCUT2D eigenvalue weighted by molar-refractivity contribution is -0.176. The van der Waals surface area contributed by atoms with E-state index in [2.05, 4.69) is 0 Å². The summed E-state index contributed by atoms with van der Waals surface area (Å²) in [4.78, 5) is 21.2. The first kappa shape index (κ1) is 12.8. The first-order chi connectivity index (χ1) is 7.25. The van der Waals surface area contributed by atoms with E-state index in [0.29, 0.717) is 0 Å². The largest absolute Gasteiger partial charge is 0.481 e. The van der Waals surface area contributed by atoms with E-state index < -0.39 is 30.0 Å². The van der Waals surface area contributed by atoms with Crippen LogP contribution in [0, 0.1) is 0 Å². The zero-order chi connectivity index (χ0) is 12.4. The summed E-state index contributed by atoms with van der Waals surface area (Å²) in [5.74, 6) is -3.42. The van der Waals surface area contributed by atoms with Gasteiger partial charge in [-0.25, -0.2) is 0 Å². The summed E-state index contributed by atoms with van der Waals surface area (Å²) in [6.07, 6.45) is -5.55. The highest BCUT2D eigenvalue weighted by Crippen LogP contribution is 2.25. The monoisotopic (exact) mass is 241 g/mol. The third kappa shape index (κ3) is 3.09. The minimum atomic E-state index is -5.02. The number of aliphatic carboxylic acids is 1. The molecule has 0 bridgehead atoms. The number of ether oxygens (including phenoxy) is 1. The van der Waals surface area contributed by atoms with Crippen molar-refractivity contribution in [1.82, 2.24) is 5.32 Å². The molecule has 0 radical (unpaired) electrons. The van der Waals surface area contributed by atoms with Gasteiger partial charge in [-0.2, -0.15) is 13.2 Å². The standard InChI is InChI=1S/C8H10F3NO4/c9-8(10,11)6(15)12-7(3-5(13)14)1-2-16-4-7/h1-4H2,(H,12,15)(H,13,14). The van der Waals surface area contributed by atoms with Crippen LogP contribution in [0.15, 0.2) is 0 Å². The van der Waals surface area contributed by atoms with E-state index in [1.165, 1.54) is 0 Å². The van der Waals surface area contributed by atoms with Gasteiger partial charge in [0.15, 0.2) is 0 Å². The molecule has 1 fully saturated rings. The molecule has 0 aromatic heterocycles. The average Bonchev–Trinajstić information content (AvgIpc) is 2.49. The van der Waals surface area contributed by atoms with E-state index in [1.54, 1.807) is 5.32 Å². The van der Waals surface area contributed by atoms with Crippen molar-refractivity contribution >= 4 is 11.9 Å². The zero-order valence-corrected chi connectivity index (χ0v) is 8.13. The molecule has 1 aliphatic rings. The molecule has 16 heavy (non-hydrogen) atoms. The van der Waals surface area contributed by atoms with Gasteiger partial charge in [0.05, 0.1) is 18.6 Å². The molecule has 0 spiro atoms. The fraction of sp³-hybridized carbons (Fsp3) is 0.750. The lowest BCUT2D eigenvalue weighted by Crippen LogP contribution is -2.54. The predicted molar refractivity (Wildman–Crippen MR) is 44.6 cm³/mol. The van der Waals surface area contributed by atoms with Gasteiger partial charge in [-0.3, -0.25) is 9.59 Å². The van der Waals surface area contributed by atoms with Crippen LogP contribution < -0.4 is 5.32 Å². The van der Waals surface area contributed by atoms with Crippen molar-refractivity contribution in [1.29, 1.82) is 0 Å². The molecule has 1 atom stereocenters. The molecule has 8 heteroatoms. The Balaban J connectivity index is 2.72. The van der Waals surface area contributed by atoms with E-state index >= 15 is 0 Å². The van der Waals surface area contributed by atoms with E-state index in [4.69, 9.17) is 9.84 Å². The maximum Gasteiger partial charge on any atom is 0.471 e. The molecule has 1 amide bonds. The van der Waals surface area contributed by atoms with Crippen molar-refractivity contribution < 1.29 is 32.6 Å². The fourth-order valence-corrected chi connectivity index (χ4v) is 1.49. The van der Waals surface area contributed by atoms with Crippen LogP contribution in [0.4, 0.5) is 13.2 Å². The van der Waals surface area contributed by atoms with Gasteiger partial charge in [-0.15, -0.1) is 0 Å². The second-order valence-electron chi connectivity index (χ2n) is 3.61. The van der Waals surface area contributed by atoms with Crippen molar-refractivity contribution in [2.75, 3.05) is 13.2 Å². The lowest BCUT2D eigenvalue weighted by Gasteiger charge is -2.27. The first-order valence-electron chi connectivity index (χ1n) is 4.44. The van der Waals surface area contributed by atoms with Crippen molar-refractivity contribution in [2.45, 2.75) is 24.6 Å². The maximum absolute atomic E-state index is 12.0. The van der Waals surface area contributed by atoms with Crippen molar-refractivity contribution in [2.24, 2.45) is 0 Å². The minimum Gasteiger partial charge on any atom is -0.481 e. The van der Waals surface area contributed by atoms with Gasteiger partial charge < -0.3 is 15.2 Å². The van der Waals surface area contributed by atoms with Crippen molar-refractivity contribution in [3.05, 3.63) is 0 Å². The molecule has 0 aromatic carbocycles. The Morgan fingerprint density at radius 2 is 2.06 bits per heavy atom. The van der Waals surface area contributed by atoms with Crippen LogP contribution in [-0.2, 0) is 14.3 Å². The number of carboxylic acid groups (broad SMARTS) is 1. The molecule has 0 aliphatic carbocycles. The Labute approximate surface area is 88.6 Å². The second-order valence-corrected chi connectivity index (χ2v) is 3.61. The highest BCUT2D eigenvalue weighted by molar-refractivity contribution is 5.83. The number of nitrogens with one attached hydrogen (secondary N) is 1. The number of amides is 1. The number of hydrogen-bond acceptors (Lipinski definition) is 3. The summed E-state index contributed by atoms with van der Waals surface area (Å²) in [6, 6.07) is 0. The van der Waals surface area contributed by atoms with Crippen LogP contribution in [0.5, 0.6) is 0 Å². The SMILES string of the molecule is O=C(O)CC1(NC(=O)C(F)(F)F)CCOC1. The molecule has 5 nitrogen and oxygen atoms in total. The maximum atomic E-state index is 12.0. The molecule has 1 rings (SSSR count).